The second kappa shape index (κ2) is 3.10. The topological polar surface area (TPSA) is 63.3 Å². The van der Waals surface area contributed by atoms with E-state index in [1.165, 1.54) is 0 Å². The minimum absolute atomic E-state index is 0.0267. The fraction of sp³-hybridized carbons (Fsp3) is 0.364. The predicted octanol–water partition coefficient (Wildman–Crippen LogP) is 1.35. The fourth-order valence-electron chi connectivity index (χ4n) is 2.01. The lowest BCUT2D eigenvalue weighted by Gasteiger charge is -2.43. The van der Waals surface area contributed by atoms with Gasteiger partial charge in [-0.25, -0.2) is 0 Å². The summed E-state index contributed by atoms with van der Waals surface area (Å²) in [4.78, 5) is 11.0. The molecule has 3 heteroatoms. The van der Waals surface area contributed by atoms with E-state index < -0.39 is 11.5 Å². The summed E-state index contributed by atoms with van der Waals surface area (Å²) in [5, 5.41) is 9.00. The molecule has 1 aliphatic rings. The minimum atomic E-state index is -1.04. The van der Waals surface area contributed by atoms with Crippen molar-refractivity contribution in [1.29, 1.82) is 0 Å². The standard InChI is InChI=1S/C11H13NO2/c12-11(10(13)14)7-6-9(11)8-4-2-1-3-5-8/h1-5,9H,6-7,12H2,(H,13,14)/t9?,11-/m1/s1. The molecule has 0 spiro atoms. The van der Waals surface area contributed by atoms with Crippen molar-refractivity contribution in [3.8, 4) is 0 Å². The van der Waals surface area contributed by atoms with Gasteiger partial charge in [-0.2, -0.15) is 0 Å². The van der Waals surface area contributed by atoms with Crippen molar-refractivity contribution in [1.82, 2.24) is 0 Å². The Morgan fingerprint density at radius 3 is 2.50 bits per heavy atom. The average molecular weight is 191 g/mol. The van der Waals surface area contributed by atoms with Crippen LogP contribution in [-0.2, 0) is 4.79 Å². The molecule has 0 radical (unpaired) electrons. The molecule has 0 aromatic heterocycles. The predicted molar refractivity (Wildman–Crippen MR) is 53.0 cm³/mol. The Morgan fingerprint density at radius 2 is 2.07 bits per heavy atom. The number of hydrogen-bond acceptors (Lipinski definition) is 2. The van der Waals surface area contributed by atoms with Crippen LogP contribution in [0.2, 0.25) is 0 Å². The summed E-state index contributed by atoms with van der Waals surface area (Å²) in [7, 11) is 0. The Bertz CT molecular complexity index is 350. The Morgan fingerprint density at radius 1 is 1.43 bits per heavy atom. The number of carboxylic acids is 1. The van der Waals surface area contributed by atoms with Crippen LogP contribution in [0.4, 0.5) is 0 Å². The zero-order valence-corrected chi connectivity index (χ0v) is 7.81. The summed E-state index contributed by atoms with van der Waals surface area (Å²) < 4.78 is 0. The van der Waals surface area contributed by atoms with E-state index in [1.54, 1.807) is 0 Å². The molecule has 0 aliphatic heterocycles. The average Bonchev–Trinajstić information content (AvgIpc) is 2.16. The van der Waals surface area contributed by atoms with Crippen molar-refractivity contribution in [3.05, 3.63) is 35.9 Å². The van der Waals surface area contributed by atoms with Crippen molar-refractivity contribution >= 4 is 5.97 Å². The normalized spacial score (nSPS) is 30.8. The molecule has 0 bridgehead atoms. The summed E-state index contributed by atoms with van der Waals surface area (Å²) >= 11 is 0. The largest absolute Gasteiger partial charge is 0.480 e. The molecule has 14 heavy (non-hydrogen) atoms. The summed E-state index contributed by atoms with van der Waals surface area (Å²) in [5.41, 5.74) is 5.81. The van der Waals surface area contributed by atoms with Crippen molar-refractivity contribution in [2.45, 2.75) is 24.3 Å². The van der Waals surface area contributed by atoms with Crippen LogP contribution in [0.1, 0.15) is 24.3 Å². The van der Waals surface area contributed by atoms with E-state index in [2.05, 4.69) is 0 Å². The second-order valence-corrected chi connectivity index (χ2v) is 3.85. The lowest BCUT2D eigenvalue weighted by molar-refractivity contribution is -0.147. The second-order valence-electron chi connectivity index (χ2n) is 3.85. The maximum Gasteiger partial charge on any atom is 0.324 e. The molecule has 3 nitrogen and oxygen atoms in total. The Labute approximate surface area is 82.5 Å². The zero-order valence-electron chi connectivity index (χ0n) is 7.81. The van der Waals surface area contributed by atoms with Crippen molar-refractivity contribution in [2.24, 2.45) is 5.73 Å². The van der Waals surface area contributed by atoms with E-state index in [0.29, 0.717) is 6.42 Å². The Hall–Kier alpha value is -1.35. The first-order valence-corrected chi connectivity index (χ1v) is 4.72. The molecular weight excluding hydrogens is 178 g/mol. The van der Waals surface area contributed by atoms with Crippen molar-refractivity contribution in [2.75, 3.05) is 0 Å². The summed E-state index contributed by atoms with van der Waals surface area (Å²) in [5.74, 6) is -0.918. The van der Waals surface area contributed by atoms with Crippen LogP contribution in [0.25, 0.3) is 0 Å². The molecule has 0 amide bonds. The summed E-state index contributed by atoms with van der Waals surface area (Å²) in [6.45, 7) is 0. The van der Waals surface area contributed by atoms with Gasteiger partial charge in [-0.3, -0.25) is 4.79 Å². The molecule has 1 aromatic rings. The first kappa shape index (κ1) is 9.21. The molecule has 2 rings (SSSR count). The quantitative estimate of drug-likeness (QED) is 0.741. The van der Waals surface area contributed by atoms with E-state index in [9.17, 15) is 4.79 Å². The molecule has 1 fully saturated rings. The molecule has 0 heterocycles. The highest BCUT2D eigenvalue weighted by molar-refractivity contribution is 5.81. The van der Waals surface area contributed by atoms with Crippen LogP contribution >= 0.6 is 0 Å². The fourth-order valence-corrected chi connectivity index (χ4v) is 2.01. The van der Waals surface area contributed by atoms with Gasteiger partial charge in [0.25, 0.3) is 0 Å². The number of aliphatic carboxylic acids is 1. The van der Waals surface area contributed by atoms with Crippen LogP contribution in [0.3, 0.4) is 0 Å². The summed E-state index contributed by atoms with van der Waals surface area (Å²) in [6, 6.07) is 9.62. The van der Waals surface area contributed by atoms with E-state index in [0.717, 1.165) is 12.0 Å². The van der Waals surface area contributed by atoms with E-state index in [-0.39, 0.29) is 5.92 Å². The van der Waals surface area contributed by atoms with Gasteiger partial charge < -0.3 is 10.8 Å². The molecule has 1 unspecified atom stereocenters. The molecule has 0 saturated heterocycles. The van der Waals surface area contributed by atoms with E-state index in [4.69, 9.17) is 10.8 Å². The van der Waals surface area contributed by atoms with Gasteiger partial charge in [0.15, 0.2) is 0 Å². The Balaban J connectivity index is 2.26. The van der Waals surface area contributed by atoms with Gasteiger partial charge in [0.05, 0.1) is 0 Å². The molecule has 1 aromatic carbocycles. The SMILES string of the molecule is N[C@]1(C(=O)O)CCC1c1ccccc1. The van der Waals surface area contributed by atoms with Gasteiger partial charge in [0.2, 0.25) is 0 Å². The molecule has 74 valence electrons. The van der Waals surface area contributed by atoms with Gasteiger partial charge in [0.1, 0.15) is 5.54 Å². The highest BCUT2D eigenvalue weighted by Crippen LogP contribution is 2.44. The third-order valence-electron chi connectivity index (χ3n) is 3.07. The molecule has 3 N–H and O–H groups in total. The molecule has 1 aliphatic carbocycles. The number of carboxylic acid groups (broad SMARTS) is 1. The van der Waals surface area contributed by atoms with Crippen molar-refractivity contribution < 1.29 is 9.90 Å². The number of rotatable bonds is 2. The molecule has 1 saturated carbocycles. The molecule has 2 atom stereocenters. The van der Waals surface area contributed by atoms with Crippen molar-refractivity contribution in [3.63, 3.8) is 0 Å². The van der Waals surface area contributed by atoms with Gasteiger partial charge in [-0.15, -0.1) is 0 Å². The highest BCUT2D eigenvalue weighted by atomic mass is 16.4. The third kappa shape index (κ3) is 1.21. The lowest BCUT2D eigenvalue weighted by atomic mass is 9.64. The monoisotopic (exact) mass is 191 g/mol. The van der Waals surface area contributed by atoms with Gasteiger partial charge >= 0.3 is 5.97 Å². The van der Waals surface area contributed by atoms with Gasteiger partial charge in [-0.05, 0) is 18.4 Å². The first-order chi connectivity index (χ1) is 6.64. The number of nitrogens with two attached hydrogens (primary N) is 1. The van der Waals surface area contributed by atoms with Crippen LogP contribution in [-0.4, -0.2) is 16.6 Å². The minimum Gasteiger partial charge on any atom is -0.480 e. The number of hydrogen-bond donors (Lipinski definition) is 2. The van der Waals surface area contributed by atoms with Crippen LogP contribution in [0.5, 0.6) is 0 Å². The molecular formula is C11H13NO2. The van der Waals surface area contributed by atoms with Crippen LogP contribution in [0.15, 0.2) is 30.3 Å². The Kier molecular flexibility index (Phi) is 2.04. The van der Waals surface area contributed by atoms with Gasteiger partial charge in [0, 0.05) is 5.92 Å². The van der Waals surface area contributed by atoms with E-state index >= 15 is 0 Å². The first-order valence-electron chi connectivity index (χ1n) is 4.72. The van der Waals surface area contributed by atoms with Crippen LogP contribution < -0.4 is 5.73 Å². The number of carbonyl (C=O) groups is 1. The highest BCUT2D eigenvalue weighted by Gasteiger charge is 2.50. The lowest BCUT2D eigenvalue weighted by Crippen LogP contribution is -2.59. The van der Waals surface area contributed by atoms with E-state index in [1.807, 2.05) is 30.3 Å². The third-order valence-corrected chi connectivity index (χ3v) is 3.07. The van der Waals surface area contributed by atoms with Crippen LogP contribution in [0, 0.1) is 0 Å². The summed E-state index contributed by atoms with van der Waals surface area (Å²) in [6.07, 6.45) is 1.44. The zero-order chi connectivity index (χ0) is 10.2. The smallest absolute Gasteiger partial charge is 0.324 e. The number of benzene rings is 1. The maximum atomic E-state index is 11.0. The maximum absolute atomic E-state index is 11.0. The van der Waals surface area contributed by atoms with Gasteiger partial charge in [-0.1, -0.05) is 30.3 Å².